The third-order valence-corrected chi connectivity index (χ3v) is 4.88. The molecule has 5 heteroatoms. The zero-order valence-corrected chi connectivity index (χ0v) is 14.3. The number of hydrogen-bond acceptors (Lipinski definition) is 3. The summed E-state index contributed by atoms with van der Waals surface area (Å²) >= 11 is 0. The zero-order chi connectivity index (χ0) is 17.0. The molecule has 1 unspecified atom stereocenters. The molecule has 1 aliphatic heterocycles. The molecule has 0 saturated heterocycles. The van der Waals surface area contributed by atoms with Gasteiger partial charge < -0.3 is 16.0 Å². The van der Waals surface area contributed by atoms with E-state index in [4.69, 9.17) is 5.73 Å². The molecular formula is C18H27N3O2. The molecule has 0 aromatic heterocycles. The highest BCUT2D eigenvalue weighted by Gasteiger charge is 2.29. The van der Waals surface area contributed by atoms with Crippen LogP contribution in [0.3, 0.4) is 0 Å². The number of nitrogens with two attached hydrogens (primary N) is 1. The topological polar surface area (TPSA) is 75.4 Å². The van der Waals surface area contributed by atoms with Gasteiger partial charge in [-0.3, -0.25) is 9.59 Å². The second-order valence-electron chi connectivity index (χ2n) is 6.75. The van der Waals surface area contributed by atoms with Crippen molar-refractivity contribution in [3.63, 3.8) is 0 Å². The first kappa shape index (κ1) is 17.5. The third-order valence-electron chi connectivity index (χ3n) is 4.88. The molecule has 0 saturated carbocycles. The van der Waals surface area contributed by atoms with Crippen molar-refractivity contribution in [1.82, 2.24) is 5.32 Å². The van der Waals surface area contributed by atoms with Crippen LogP contribution < -0.4 is 16.0 Å². The predicted molar refractivity (Wildman–Crippen MR) is 92.2 cm³/mol. The van der Waals surface area contributed by atoms with Crippen LogP contribution in [-0.2, 0) is 16.0 Å². The molecule has 0 bridgehead atoms. The number of fused-ring (bicyclic) bond motifs is 1. The lowest BCUT2D eigenvalue weighted by Gasteiger charge is -2.34. The minimum atomic E-state index is -0.416. The van der Waals surface area contributed by atoms with Crippen molar-refractivity contribution in [2.45, 2.75) is 45.6 Å². The summed E-state index contributed by atoms with van der Waals surface area (Å²) in [7, 11) is 0. The van der Waals surface area contributed by atoms with Gasteiger partial charge in [0.15, 0.2) is 0 Å². The van der Waals surface area contributed by atoms with Crippen LogP contribution in [-0.4, -0.2) is 30.4 Å². The molecule has 1 atom stereocenters. The van der Waals surface area contributed by atoms with Crippen LogP contribution in [0.15, 0.2) is 24.3 Å². The standard InChI is InChI=1S/C18H27N3O2/c1-13(2)18(3,12-19)20-16(22)10-11-21-15-7-5-4-6-14(15)8-9-17(21)23/h4-7,13H,8-12,19H2,1-3H3,(H,20,22). The molecule has 0 aliphatic carbocycles. The van der Waals surface area contributed by atoms with E-state index < -0.39 is 5.54 Å². The number of anilines is 1. The third kappa shape index (κ3) is 3.91. The summed E-state index contributed by atoms with van der Waals surface area (Å²) in [6.45, 7) is 6.83. The van der Waals surface area contributed by atoms with Crippen molar-refractivity contribution in [3.05, 3.63) is 29.8 Å². The van der Waals surface area contributed by atoms with E-state index in [9.17, 15) is 9.59 Å². The van der Waals surface area contributed by atoms with E-state index in [1.54, 1.807) is 4.90 Å². The Kier molecular flexibility index (Phi) is 5.42. The molecule has 1 heterocycles. The fraction of sp³-hybridized carbons (Fsp3) is 0.556. The Balaban J connectivity index is 2.01. The lowest BCUT2D eigenvalue weighted by atomic mass is 9.88. The highest BCUT2D eigenvalue weighted by molar-refractivity contribution is 5.97. The first-order chi connectivity index (χ1) is 10.9. The molecule has 3 N–H and O–H groups in total. The largest absolute Gasteiger partial charge is 0.349 e. The van der Waals surface area contributed by atoms with E-state index in [2.05, 4.69) is 5.32 Å². The SMILES string of the molecule is CC(C)C(C)(CN)NC(=O)CCN1C(=O)CCc2ccccc21. The Morgan fingerprint density at radius 1 is 1.35 bits per heavy atom. The van der Waals surface area contributed by atoms with Gasteiger partial charge in [0, 0.05) is 31.6 Å². The molecule has 1 aromatic carbocycles. The first-order valence-electron chi connectivity index (χ1n) is 8.26. The van der Waals surface area contributed by atoms with Crippen LogP contribution >= 0.6 is 0 Å². The number of benzene rings is 1. The van der Waals surface area contributed by atoms with E-state index in [-0.39, 0.29) is 24.2 Å². The van der Waals surface area contributed by atoms with Gasteiger partial charge in [-0.05, 0) is 30.9 Å². The van der Waals surface area contributed by atoms with E-state index in [0.717, 1.165) is 12.1 Å². The summed E-state index contributed by atoms with van der Waals surface area (Å²) in [5.41, 5.74) is 7.49. The summed E-state index contributed by atoms with van der Waals surface area (Å²) in [6, 6.07) is 7.89. The maximum absolute atomic E-state index is 12.3. The van der Waals surface area contributed by atoms with Crippen molar-refractivity contribution >= 4 is 17.5 Å². The van der Waals surface area contributed by atoms with Gasteiger partial charge in [0.2, 0.25) is 11.8 Å². The number of aryl methyl sites for hydroxylation is 1. The fourth-order valence-electron chi connectivity index (χ4n) is 2.77. The Morgan fingerprint density at radius 3 is 2.70 bits per heavy atom. The Bertz CT molecular complexity index is 585. The fourth-order valence-corrected chi connectivity index (χ4v) is 2.77. The van der Waals surface area contributed by atoms with Crippen LogP contribution in [0.1, 0.15) is 39.2 Å². The maximum Gasteiger partial charge on any atom is 0.227 e. The molecule has 2 amide bonds. The summed E-state index contributed by atoms with van der Waals surface area (Å²) < 4.78 is 0. The van der Waals surface area contributed by atoms with E-state index in [1.807, 2.05) is 45.0 Å². The number of amides is 2. The molecule has 0 spiro atoms. The minimum absolute atomic E-state index is 0.0671. The average molecular weight is 317 g/mol. The second-order valence-corrected chi connectivity index (χ2v) is 6.75. The molecule has 23 heavy (non-hydrogen) atoms. The highest BCUT2D eigenvalue weighted by atomic mass is 16.2. The summed E-state index contributed by atoms with van der Waals surface area (Å²) in [4.78, 5) is 26.2. The van der Waals surface area contributed by atoms with Crippen LogP contribution in [0.2, 0.25) is 0 Å². The lowest BCUT2D eigenvalue weighted by Crippen LogP contribution is -2.55. The molecule has 0 radical (unpaired) electrons. The van der Waals surface area contributed by atoms with Crippen LogP contribution in [0.25, 0.3) is 0 Å². The molecule has 2 rings (SSSR count). The highest BCUT2D eigenvalue weighted by Crippen LogP contribution is 2.27. The van der Waals surface area contributed by atoms with Gasteiger partial charge in [-0.2, -0.15) is 0 Å². The van der Waals surface area contributed by atoms with Crippen molar-refractivity contribution in [2.75, 3.05) is 18.0 Å². The Hall–Kier alpha value is -1.88. The van der Waals surface area contributed by atoms with E-state index in [0.29, 0.717) is 19.5 Å². The number of rotatable bonds is 6. The van der Waals surface area contributed by atoms with Crippen molar-refractivity contribution in [2.24, 2.45) is 11.7 Å². The van der Waals surface area contributed by atoms with Crippen molar-refractivity contribution < 1.29 is 9.59 Å². The van der Waals surface area contributed by atoms with Crippen LogP contribution in [0.5, 0.6) is 0 Å². The molecule has 126 valence electrons. The van der Waals surface area contributed by atoms with Crippen molar-refractivity contribution in [1.29, 1.82) is 0 Å². The van der Waals surface area contributed by atoms with Gasteiger partial charge in [0.1, 0.15) is 0 Å². The second kappa shape index (κ2) is 7.13. The number of nitrogens with one attached hydrogen (secondary N) is 1. The summed E-state index contributed by atoms with van der Waals surface area (Å²) in [5, 5.41) is 3.02. The van der Waals surface area contributed by atoms with Gasteiger partial charge in [0.05, 0.1) is 5.54 Å². The van der Waals surface area contributed by atoms with Crippen LogP contribution in [0, 0.1) is 5.92 Å². The molecule has 1 aromatic rings. The molecule has 0 fully saturated rings. The lowest BCUT2D eigenvalue weighted by molar-refractivity contribution is -0.123. The number of hydrogen-bond donors (Lipinski definition) is 2. The molecule has 1 aliphatic rings. The number of para-hydroxylation sites is 1. The predicted octanol–water partition coefficient (Wildman–Crippen LogP) is 1.85. The Labute approximate surface area is 138 Å². The smallest absolute Gasteiger partial charge is 0.227 e. The van der Waals surface area contributed by atoms with E-state index in [1.165, 1.54) is 5.56 Å². The van der Waals surface area contributed by atoms with Gasteiger partial charge >= 0.3 is 0 Å². The quantitative estimate of drug-likeness (QED) is 0.840. The van der Waals surface area contributed by atoms with Crippen molar-refractivity contribution in [3.8, 4) is 0 Å². The maximum atomic E-state index is 12.3. The normalized spacial score (nSPS) is 16.9. The van der Waals surface area contributed by atoms with Gasteiger partial charge in [0.25, 0.3) is 0 Å². The summed E-state index contributed by atoms with van der Waals surface area (Å²) in [5.74, 6) is 0.262. The monoisotopic (exact) mass is 317 g/mol. The molecule has 5 nitrogen and oxygen atoms in total. The first-order valence-corrected chi connectivity index (χ1v) is 8.26. The van der Waals surface area contributed by atoms with E-state index >= 15 is 0 Å². The van der Waals surface area contributed by atoms with Gasteiger partial charge in [-0.15, -0.1) is 0 Å². The van der Waals surface area contributed by atoms with Gasteiger partial charge in [-0.25, -0.2) is 0 Å². The average Bonchev–Trinajstić information content (AvgIpc) is 2.53. The molecular weight excluding hydrogens is 290 g/mol. The zero-order valence-electron chi connectivity index (χ0n) is 14.3. The number of carbonyl (C=O) groups excluding carboxylic acids is 2. The minimum Gasteiger partial charge on any atom is -0.349 e. The van der Waals surface area contributed by atoms with Gasteiger partial charge in [-0.1, -0.05) is 32.0 Å². The van der Waals surface area contributed by atoms with Crippen LogP contribution in [0.4, 0.5) is 5.69 Å². The summed E-state index contributed by atoms with van der Waals surface area (Å²) in [6.07, 6.45) is 1.56. The Morgan fingerprint density at radius 2 is 2.04 bits per heavy atom. The number of carbonyl (C=O) groups is 2. The number of nitrogens with zero attached hydrogens (tertiary/aromatic N) is 1.